The third-order valence-corrected chi connectivity index (χ3v) is 4.25. The Morgan fingerprint density at radius 3 is 2.88 bits per heavy atom. The first-order valence-electron chi connectivity index (χ1n) is 7.44. The van der Waals surface area contributed by atoms with Gasteiger partial charge < -0.3 is 19.4 Å². The predicted octanol–water partition coefficient (Wildman–Crippen LogP) is 1.92. The van der Waals surface area contributed by atoms with Crippen LogP contribution in [0.5, 0.6) is 11.5 Å². The van der Waals surface area contributed by atoms with Gasteiger partial charge in [0.2, 0.25) is 5.16 Å². The molecule has 136 valence electrons. The number of rotatable bonds is 8. The number of hydrogen-bond donors (Lipinski definition) is 1. The van der Waals surface area contributed by atoms with Crippen molar-refractivity contribution in [1.82, 2.24) is 15.2 Å². The first-order chi connectivity index (χ1) is 12.5. The van der Waals surface area contributed by atoms with E-state index in [9.17, 15) is 9.90 Å². The second-order valence-corrected chi connectivity index (χ2v) is 6.26. The molecule has 0 saturated heterocycles. The van der Waals surface area contributed by atoms with Crippen LogP contribution in [0.1, 0.15) is 18.3 Å². The van der Waals surface area contributed by atoms with Crippen molar-refractivity contribution in [3.63, 3.8) is 0 Å². The third kappa shape index (κ3) is 4.94. The molecule has 26 heavy (non-hydrogen) atoms. The lowest BCUT2D eigenvalue weighted by molar-refractivity contribution is -0.297. The lowest BCUT2D eigenvalue weighted by Gasteiger charge is -2.12. The lowest BCUT2D eigenvalue weighted by Crippen LogP contribution is -2.23. The first-order valence-corrected chi connectivity index (χ1v) is 8.63. The highest BCUT2D eigenvalue weighted by atomic mass is 35.5. The van der Waals surface area contributed by atoms with Crippen molar-refractivity contribution in [2.45, 2.75) is 18.5 Å². The highest BCUT2D eigenvalue weighted by Crippen LogP contribution is 2.37. The van der Waals surface area contributed by atoms with Crippen molar-refractivity contribution in [2.24, 2.45) is 0 Å². The minimum absolute atomic E-state index is 0.0238. The fourth-order valence-electron chi connectivity index (χ4n) is 1.94. The number of aromatic nitrogens is 3. The molecule has 0 unspecified atom stereocenters. The maximum Gasteiger partial charge on any atom is 0.213 e. The van der Waals surface area contributed by atoms with E-state index in [1.54, 1.807) is 6.07 Å². The molecule has 0 fully saturated rings. The molecule has 1 aromatic heterocycles. The summed E-state index contributed by atoms with van der Waals surface area (Å²) < 4.78 is 10.6. The van der Waals surface area contributed by atoms with Gasteiger partial charge in [-0.2, -0.15) is 0 Å². The number of H-pyrrole nitrogens is 1. The summed E-state index contributed by atoms with van der Waals surface area (Å²) in [4.78, 5) is 15.5. The highest BCUT2D eigenvalue weighted by Gasteiger charge is 2.13. The van der Waals surface area contributed by atoms with Gasteiger partial charge in [0.15, 0.2) is 11.5 Å². The number of ether oxygens (including phenoxy) is 2. The van der Waals surface area contributed by atoms with Gasteiger partial charge >= 0.3 is 0 Å². The van der Waals surface area contributed by atoms with Crippen LogP contribution in [0, 0.1) is 12.3 Å². The Morgan fingerprint density at radius 1 is 1.54 bits per heavy atom. The smallest absolute Gasteiger partial charge is 0.213 e. The standard InChI is InChI=1S/C17H16ClN3O4S/c1-4-6-25-15-11(18)7-10(8-12(15)24-3)9-13(16(22)23)26-17-19-14(5-2)20-21-17/h1,7-9H,5-6H2,2-3H3,(H,22,23)(H,19,20,21)/p-1/b13-9+. The van der Waals surface area contributed by atoms with Crippen LogP contribution in [0.4, 0.5) is 0 Å². The second kappa shape index (κ2) is 9.17. The van der Waals surface area contributed by atoms with Gasteiger partial charge in [0.1, 0.15) is 12.4 Å². The lowest BCUT2D eigenvalue weighted by atomic mass is 10.2. The Kier molecular flexibility index (Phi) is 6.95. The van der Waals surface area contributed by atoms with Gasteiger partial charge in [0.05, 0.1) is 18.1 Å². The normalized spacial score (nSPS) is 11.1. The Hall–Kier alpha value is -2.63. The zero-order valence-electron chi connectivity index (χ0n) is 14.0. The first kappa shape index (κ1) is 19.7. The van der Waals surface area contributed by atoms with E-state index >= 15 is 0 Å². The van der Waals surface area contributed by atoms with E-state index in [1.165, 1.54) is 19.3 Å². The summed E-state index contributed by atoms with van der Waals surface area (Å²) in [5.74, 6) is 2.25. The van der Waals surface area contributed by atoms with Gasteiger partial charge in [-0.05, 0) is 35.5 Å². The molecule has 0 aliphatic rings. The monoisotopic (exact) mass is 392 g/mol. The zero-order chi connectivity index (χ0) is 19.1. The minimum atomic E-state index is -1.36. The molecule has 1 heterocycles. The fourth-order valence-corrected chi connectivity index (χ4v) is 2.93. The number of thioether (sulfide) groups is 1. The van der Waals surface area contributed by atoms with Crippen molar-refractivity contribution in [3.8, 4) is 23.8 Å². The van der Waals surface area contributed by atoms with Gasteiger partial charge in [-0.3, -0.25) is 5.10 Å². The third-order valence-electron chi connectivity index (χ3n) is 3.10. The molecule has 2 rings (SSSR count). The summed E-state index contributed by atoms with van der Waals surface area (Å²) in [5.41, 5.74) is 0.484. The fraction of sp³-hybridized carbons (Fsp3) is 0.235. The molecule has 1 aromatic carbocycles. The quantitative estimate of drug-likeness (QED) is 0.416. The number of hydrogen-bond acceptors (Lipinski definition) is 7. The molecule has 0 bridgehead atoms. The Morgan fingerprint density at radius 2 is 2.31 bits per heavy atom. The van der Waals surface area contributed by atoms with Crippen molar-refractivity contribution in [3.05, 3.63) is 33.4 Å². The molecule has 9 heteroatoms. The number of carboxylic acids is 1. The molecule has 0 aliphatic heterocycles. The van der Waals surface area contributed by atoms with E-state index in [1.807, 2.05) is 6.92 Å². The van der Waals surface area contributed by atoms with Crippen molar-refractivity contribution < 1.29 is 19.4 Å². The molecule has 0 saturated carbocycles. The molecule has 7 nitrogen and oxygen atoms in total. The van der Waals surface area contributed by atoms with Crippen LogP contribution in [0.3, 0.4) is 0 Å². The van der Waals surface area contributed by atoms with Crippen LogP contribution < -0.4 is 14.6 Å². The molecular formula is C17H15ClN3O4S-. The van der Waals surface area contributed by atoms with Gasteiger partial charge in [0, 0.05) is 11.3 Å². The number of carbonyl (C=O) groups is 1. The number of nitrogens with one attached hydrogen (secondary N) is 1. The molecule has 1 N–H and O–H groups in total. The van der Waals surface area contributed by atoms with E-state index in [4.69, 9.17) is 27.5 Å². The SMILES string of the molecule is C#CCOc1c(Cl)cc(/C=C(/Sc2n[nH]c(CC)n2)C(=O)[O-])cc1OC. The number of methoxy groups -OCH3 is 1. The Labute approximate surface area is 159 Å². The number of terminal acetylenes is 1. The molecule has 0 amide bonds. The average Bonchev–Trinajstić information content (AvgIpc) is 3.07. The van der Waals surface area contributed by atoms with Gasteiger partial charge in [-0.1, -0.05) is 24.4 Å². The molecular weight excluding hydrogens is 378 g/mol. The van der Waals surface area contributed by atoms with Crippen molar-refractivity contribution in [2.75, 3.05) is 13.7 Å². The van der Waals surface area contributed by atoms with Crippen LogP contribution in [0.25, 0.3) is 6.08 Å². The summed E-state index contributed by atoms with van der Waals surface area (Å²) in [6, 6.07) is 3.12. The van der Waals surface area contributed by atoms with E-state index < -0.39 is 5.97 Å². The Balaban J connectivity index is 2.35. The molecule has 0 spiro atoms. The second-order valence-electron chi connectivity index (χ2n) is 4.84. The number of aromatic amines is 1. The van der Waals surface area contributed by atoms with Crippen molar-refractivity contribution in [1.29, 1.82) is 0 Å². The number of benzene rings is 1. The summed E-state index contributed by atoms with van der Waals surface area (Å²) in [5, 5.41) is 18.6. The molecule has 2 aromatic rings. The van der Waals surface area contributed by atoms with E-state index in [2.05, 4.69) is 21.1 Å². The predicted molar refractivity (Wildman–Crippen MR) is 96.9 cm³/mol. The number of nitrogens with zero attached hydrogens (tertiary/aromatic N) is 2. The number of carboxylic acid groups (broad SMARTS) is 1. The van der Waals surface area contributed by atoms with Gasteiger partial charge in [-0.15, -0.1) is 11.5 Å². The van der Waals surface area contributed by atoms with Crippen LogP contribution in [0.2, 0.25) is 5.02 Å². The van der Waals surface area contributed by atoms with Crippen LogP contribution in [-0.2, 0) is 11.2 Å². The summed E-state index contributed by atoms with van der Waals surface area (Å²) in [6.45, 7) is 1.93. The number of halogens is 1. The highest BCUT2D eigenvalue weighted by molar-refractivity contribution is 8.04. The average molecular weight is 393 g/mol. The summed E-state index contributed by atoms with van der Waals surface area (Å²) >= 11 is 7.06. The number of aryl methyl sites for hydroxylation is 1. The largest absolute Gasteiger partial charge is 0.544 e. The maximum atomic E-state index is 11.5. The molecule has 0 aliphatic carbocycles. The van der Waals surface area contributed by atoms with E-state index in [0.29, 0.717) is 23.6 Å². The minimum Gasteiger partial charge on any atom is -0.544 e. The van der Waals surface area contributed by atoms with E-state index in [-0.39, 0.29) is 27.4 Å². The van der Waals surface area contributed by atoms with Crippen LogP contribution in [-0.4, -0.2) is 34.9 Å². The molecule has 0 atom stereocenters. The van der Waals surface area contributed by atoms with Crippen molar-refractivity contribution >= 4 is 35.4 Å². The zero-order valence-corrected chi connectivity index (χ0v) is 15.6. The summed E-state index contributed by atoms with van der Waals surface area (Å²) in [6.07, 6.45) is 7.22. The number of carbonyl (C=O) groups excluding carboxylic acids is 1. The van der Waals surface area contributed by atoms with Crippen LogP contribution >= 0.6 is 23.4 Å². The number of aliphatic carboxylic acids is 1. The summed E-state index contributed by atoms with van der Waals surface area (Å²) in [7, 11) is 1.44. The Bertz CT molecular complexity index is 873. The van der Waals surface area contributed by atoms with Gasteiger partial charge in [0.25, 0.3) is 0 Å². The molecule has 0 radical (unpaired) electrons. The van der Waals surface area contributed by atoms with E-state index in [0.717, 1.165) is 11.8 Å². The topological polar surface area (TPSA) is 100 Å². The van der Waals surface area contributed by atoms with Crippen LogP contribution in [0.15, 0.2) is 22.2 Å². The maximum absolute atomic E-state index is 11.5. The van der Waals surface area contributed by atoms with Gasteiger partial charge in [-0.25, -0.2) is 4.98 Å².